The van der Waals surface area contributed by atoms with E-state index in [1.165, 1.54) is 12.1 Å². The van der Waals surface area contributed by atoms with Crippen LogP contribution in [0.4, 0.5) is 14.5 Å². The van der Waals surface area contributed by atoms with Gasteiger partial charge in [-0.1, -0.05) is 20.8 Å². The zero-order chi connectivity index (χ0) is 15.6. The van der Waals surface area contributed by atoms with Crippen molar-refractivity contribution in [1.82, 2.24) is 0 Å². The van der Waals surface area contributed by atoms with Gasteiger partial charge in [0.15, 0.2) is 9.84 Å². The first kappa shape index (κ1) is 16.7. The van der Waals surface area contributed by atoms with E-state index in [-0.39, 0.29) is 16.1 Å². The number of halogens is 2. The second-order valence-electron chi connectivity index (χ2n) is 5.72. The van der Waals surface area contributed by atoms with Gasteiger partial charge in [0.2, 0.25) is 0 Å². The van der Waals surface area contributed by atoms with Gasteiger partial charge in [0.1, 0.15) is 5.75 Å². The quantitative estimate of drug-likeness (QED) is 0.908. The van der Waals surface area contributed by atoms with E-state index in [1.807, 2.05) is 20.8 Å². The van der Waals surface area contributed by atoms with Crippen molar-refractivity contribution in [3.63, 3.8) is 0 Å². The first-order chi connectivity index (χ1) is 8.99. The number of anilines is 1. The maximum Gasteiger partial charge on any atom is 0.387 e. The van der Waals surface area contributed by atoms with Crippen molar-refractivity contribution >= 4 is 15.5 Å². The molecule has 1 N–H and O–H groups in total. The maximum absolute atomic E-state index is 12.4. The summed E-state index contributed by atoms with van der Waals surface area (Å²) in [5, 5.41) is 2.98. The summed E-state index contributed by atoms with van der Waals surface area (Å²) in [4.78, 5) is -0.0607. The lowest BCUT2D eigenvalue weighted by molar-refractivity contribution is -0.0495. The largest absolute Gasteiger partial charge is 0.433 e. The van der Waals surface area contributed by atoms with Gasteiger partial charge >= 0.3 is 6.61 Å². The molecule has 0 atom stereocenters. The predicted molar refractivity (Wildman–Crippen MR) is 74.1 cm³/mol. The first-order valence-corrected chi connectivity index (χ1v) is 7.91. The Kier molecular flexibility index (Phi) is 4.96. The summed E-state index contributed by atoms with van der Waals surface area (Å²) in [5.41, 5.74) is 0.282. The van der Waals surface area contributed by atoms with Crippen LogP contribution in [0.1, 0.15) is 20.8 Å². The van der Waals surface area contributed by atoms with Crippen molar-refractivity contribution in [3.05, 3.63) is 18.2 Å². The molecule has 0 saturated carbocycles. The molecule has 0 saturated heterocycles. The Bertz CT molecular complexity index is 565. The molecule has 0 heterocycles. The molecule has 0 bridgehead atoms. The van der Waals surface area contributed by atoms with Gasteiger partial charge < -0.3 is 10.1 Å². The lowest BCUT2D eigenvalue weighted by Gasteiger charge is -2.21. The number of hydrogen-bond acceptors (Lipinski definition) is 4. The Labute approximate surface area is 118 Å². The standard InChI is InChI=1S/C13H19F2NO3S/c1-13(2,3)8-16-10-6-5-9(20(4,17)18)7-11(10)19-12(14)15/h5-7,12,16H,8H2,1-4H3. The SMILES string of the molecule is CC(C)(C)CNc1ccc(S(C)(=O)=O)cc1OC(F)F. The second-order valence-corrected chi connectivity index (χ2v) is 7.74. The van der Waals surface area contributed by atoms with Crippen LogP contribution >= 0.6 is 0 Å². The van der Waals surface area contributed by atoms with E-state index in [0.29, 0.717) is 12.2 Å². The zero-order valence-electron chi connectivity index (χ0n) is 11.9. The van der Waals surface area contributed by atoms with Crippen LogP contribution in [0.3, 0.4) is 0 Å². The van der Waals surface area contributed by atoms with Gasteiger partial charge in [-0.05, 0) is 17.5 Å². The third kappa shape index (κ3) is 5.32. The molecular formula is C13H19F2NO3S. The molecule has 0 aliphatic rings. The summed E-state index contributed by atoms with van der Waals surface area (Å²) in [6.45, 7) is 3.47. The summed E-state index contributed by atoms with van der Waals surface area (Å²) >= 11 is 0. The number of sulfone groups is 1. The van der Waals surface area contributed by atoms with Crippen molar-refractivity contribution in [2.75, 3.05) is 18.1 Å². The molecule has 0 aliphatic carbocycles. The minimum Gasteiger partial charge on any atom is -0.433 e. The van der Waals surface area contributed by atoms with Crippen LogP contribution in [0.2, 0.25) is 0 Å². The zero-order valence-corrected chi connectivity index (χ0v) is 12.7. The third-order valence-electron chi connectivity index (χ3n) is 2.41. The van der Waals surface area contributed by atoms with Crippen LogP contribution in [0, 0.1) is 5.41 Å². The molecule has 0 spiro atoms. The van der Waals surface area contributed by atoms with E-state index < -0.39 is 16.4 Å². The first-order valence-electron chi connectivity index (χ1n) is 6.02. The van der Waals surface area contributed by atoms with Crippen LogP contribution in [-0.4, -0.2) is 27.8 Å². The van der Waals surface area contributed by atoms with Gasteiger partial charge in [-0.15, -0.1) is 0 Å². The van der Waals surface area contributed by atoms with Gasteiger partial charge in [0, 0.05) is 18.9 Å². The fourth-order valence-electron chi connectivity index (χ4n) is 1.43. The smallest absolute Gasteiger partial charge is 0.387 e. The van der Waals surface area contributed by atoms with Gasteiger partial charge in [-0.3, -0.25) is 0 Å². The Morgan fingerprint density at radius 2 is 1.90 bits per heavy atom. The average Bonchev–Trinajstić information content (AvgIpc) is 2.24. The minimum absolute atomic E-state index is 0.0579. The van der Waals surface area contributed by atoms with Crippen molar-refractivity contribution < 1.29 is 21.9 Å². The summed E-state index contributed by atoms with van der Waals surface area (Å²) in [7, 11) is -3.47. The van der Waals surface area contributed by atoms with E-state index in [0.717, 1.165) is 12.3 Å². The van der Waals surface area contributed by atoms with Crippen LogP contribution < -0.4 is 10.1 Å². The number of hydrogen-bond donors (Lipinski definition) is 1. The summed E-state index contributed by atoms with van der Waals surface area (Å²) < 4.78 is 52.1. The number of rotatable bonds is 5. The lowest BCUT2D eigenvalue weighted by Crippen LogP contribution is -2.19. The van der Waals surface area contributed by atoms with Gasteiger partial charge in [0.05, 0.1) is 10.6 Å². The average molecular weight is 307 g/mol. The Morgan fingerprint density at radius 3 is 2.35 bits per heavy atom. The lowest BCUT2D eigenvalue weighted by atomic mass is 9.97. The van der Waals surface area contributed by atoms with Gasteiger partial charge in [-0.2, -0.15) is 8.78 Å². The number of ether oxygens (including phenoxy) is 1. The third-order valence-corrected chi connectivity index (χ3v) is 3.52. The molecule has 0 amide bonds. The van der Waals surface area contributed by atoms with E-state index in [9.17, 15) is 17.2 Å². The van der Waals surface area contributed by atoms with Crippen molar-refractivity contribution in [1.29, 1.82) is 0 Å². The molecule has 7 heteroatoms. The second kappa shape index (κ2) is 5.95. The molecule has 0 aliphatic heterocycles. The predicted octanol–water partition coefficient (Wildman–Crippen LogP) is 3.15. The topological polar surface area (TPSA) is 55.4 Å². The molecule has 20 heavy (non-hydrogen) atoms. The Morgan fingerprint density at radius 1 is 1.30 bits per heavy atom. The van der Waals surface area contributed by atoms with Gasteiger partial charge in [0.25, 0.3) is 0 Å². The highest BCUT2D eigenvalue weighted by Gasteiger charge is 2.17. The number of benzene rings is 1. The Balaban J connectivity index is 3.10. The van der Waals surface area contributed by atoms with Crippen molar-refractivity contribution in [2.45, 2.75) is 32.3 Å². The molecule has 0 unspecified atom stereocenters. The molecule has 114 valence electrons. The molecule has 0 fully saturated rings. The van der Waals surface area contributed by atoms with Crippen molar-refractivity contribution in [2.24, 2.45) is 5.41 Å². The highest BCUT2D eigenvalue weighted by molar-refractivity contribution is 7.90. The van der Waals surface area contributed by atoms with Crippen LogP contribution in [-0.2, 0) is 9.84 Å². The molecule has 1 rings (SSSR count). The Hall–Kier alpha value is -1.37. The monoisotopic (exact) mass is 307 g/mol. The molecule has 1 aromatic rings. The molecule has 1 aromatic carbocycles. The van der Waals surface area contributed by atoms with Crippen molar-refractivity contribution in [3.8, 4) is 5.75 Å². The number of nitrogens with one attached hydrogen (secondary N) is 1. The highest BCUT2D eigenvalue weighted by Crippen LogP contribution is 2.30. The van der Waals surface area contributed by atoms with E-state index in [4.69, 9.17) is 0 Å². The summed E-state index contributed by atoms with van der Waals surface area (Å²) in [6.07, 6.45) is 1.01. The van der Waals surface area contributed by atoms with Crippen LogP contribution in [0.5, 0.6) is 5.75 Å². The minimum atomic E-state index is -3.47. The van der Waals surface area contributed by atoms with E-state index >= 15 is 0 Å². The number of alkyl halides is 2. The van der Waals surface area contributed by atoms with E-state index in [2.05, 4.69) is 10.1 Å². The fourth-order valence-corrected chi connectivity index (χ4v) is 2.07. The summed E-state index contributed by atoms with van der Waals surface area (Å²) in [5.74, 6) is -0.174. The molecule has 0 aromatic heterocycles. The fraction of sp³-hybridized carbons (Fsp3) is 0.538. The molecule has 4 nitrogen and oxygen atoms in total. The van der Waals surface area contributed by atoms with Crippen LogP contribution in [0.15, 0.2) is 23.1 Å². The normalized spacial score (nSPS) is 12.6. The highest BCUT2D eigenvalue weighted by atomic mass is 32.2. The summed E-state index contributed by atoms with van der Waals surface area (Å²) in [6, 6.07) is 3.89. The maximum atomic E-state index is 12.4. The van der Waals surface area contributed by atoms with Gasteiger partial charge in [-0.25, -0.2) is 8.42 Å². The van der Waals surface area contributed by atoms with Crippen LogP contribution in [0.25, 0.3) is 0 Å². The molecule has 0 radical (unpaired) electrons. The molecular weight excluding hydrogens is 288 g/mol. The van der Waals surface area contributed by atoms with E-state index in [1.54, 1.807) is 0 Å².